The first kappa shape index (κ1) is 11.1. The molecule has 2 heterocycles. The number of hydrogen-bond donors (Lipinski definition) is 1. The van der Waals surface area contributed by atoms with Crippen molar-refractivity contribution in [2.75, 3.05) is 13.1 Å². The molecular formula is C12H19NOS. The molecule has 2 rings (SSSR count). The average Bonchev–Trinajstić information content (AvgIpc) is 2.71. The van der Waals surface area contributed by atoms with Crippen molar-refractivity contribution in [2.45, 2.75) is 32.4 Å². The third-order valence-electron chi connectivity index (χ3n) is 3.18. The van der Waals surface area contributed by atoms with Gasteiger partial charge in [0.05, 0.1) is 6.10 Å². The Kier molecular flexibility index (Phi) is 3.78. The Labute approximate surface area is 95.5 Å². The SMILES string of the molecule is C[C@H](O)[C@@H]1CCCN(Cc2cccs2)C1. The molecule has 0 spiro atoms. The fourth-order valence-electron chi connectivity index (χ4n) is 2.25. The smallest absolute Gasteiger partial charge is 0.0552 e. The molecular weight excluding hydrogens is 206 g/mol. The Bertz CT molecular complexity index is 284. The van der Waals surface area contributed by atoms with Gasteiger partial charge < -0.3 is 5.11 Å². The molecule has 84 valence electrons. The summed E-state index contributed by atoms with van der Waals surface area (Å²) >= 11 is 1.82. The number of nitrogens with zero attached hydrogens (tertiary/aromatic N) is 1. The predicted octanol–water partition coefficient (Wildman–Crippen LogP) is 2.34. The lowest BCUT2D eigenvalue weighted by Gasteiger charge is -2.33. The lowest BCUT2D eigenvalue weighted by Crippen LogP contribution is -2.38. The van der Waals surface area contributed by atoms with Crippen LogP contribution in [0.2, 0.25) is 0 Å². The van der Waals surface area contributed by atoms with E-state index in [2.05, 4.69) is 22.4 Å². The van der Waals surface area contributed by atoms with E-state index in [1.807, 2.05) is 18.3 Å². The van der Waals surface area contributed by atoms with Gasteiger partial charge in [0.15, 0.2) is 0 Å². The minimum atomic E-state index is -0.156. The van der Waals surface area contributed by atoms with Crippen molar-refractivity contribution in [1.82, 2.24) is 4.90 Å². The van der Waals surface area contributed by atoms with Crippen LogP contribution in [-0.2, 0) is 6.54 Å². The highest BCUT2D eigenvalue weighted by molar-refractivity contribution is 7.09. The lowest BCUT2D eigenvalue weighted by molar-refractivity contribution is 0.0603. The second-order valence-electron chi connectivity index (χ2n) is 4.46. The topological polar surface area (TPSA) is 23.5 Å². The standard InChI is InChI=1S/C12H19NOS/c1-10(14)11-4-2-6-13(8-11)9-12-5-3-7-15-12/h3,5,7,10-11,14H,2,4,6,8-9H2,1H3/t10-,11+/m0/s1. The lowest BCUT2D eigenvalue weighted by atomic mass is 9.93. The molecule has 0 bridgehead atoms. The van der Waals surface area contributed by atoms with Crippen LogP contribution in [0, 0.1) is 5.92 Å². The second-order valence-corrected chi connectivity index (χ2v) is 5.49. The molecule has 0 unspecified atom stereocenters. The molecule has 0 radical (unpaired) electrons. The van der Waals surface area contributed by atoms with Gasteiger partial charge in [-0.2, -0.15) is 0 Å². The molecule has 1 aromatic rings. The van der Waals surface area contributed by atoms with Gasteiger partial charge in [-0.25, -0.2) is 0 Å². The summed E-state index contributed by atoms with van der Waals surface area (Å²) in [5, 5.41) is 11.7. The second kappa shape index (κ2) is 5.10. The van der Waals surface area contributed by atoms with Gasteiger partial charge >= 0.3 is 0 Å². The third-order valence-corrected chi connectivity index (χ3v) is 4.04. The van der Waals surface area contributed by atoms with Crippen LogP contribution in [0.4, 0.5) is 0 Å². The van der Waals surface area contributed by atoms with Crippen LogP contribution >= 0.6 is 11.3 Å². The molecule has 0 amide bonds. The maximum absolute atomic E-state index is 9.60. The molecule has 1 N–H and O–H groups in total. The maximum Gasteiger partial charge on any atom is 0.0552 e. The predicted molar refractivity (Wildman–Crippen MR) is 64.0 cm³/mol. The monoisotopic (exact) mass is 225 g/mol. The van der Waals surface area contributed by atoms with E-state index in [0.717, 1.165) is 13.1 Å². The molecule has 2 atom stereocenters. The summed E-state index contributed by atoms with van der Waals surface area (Å²) in [6.07, 6.45) is 2.25. The van der Waals surface area contributed by atoms with Crippen LogP contribution in [0.15, 0.2) is 17.5 Å². The van der Waals surface area contributed by atoms with Crippen LogP contribution in [0.5, 0.6) is 0 Å². The molecule has 1 fully saturated rings. The summed E-state index contributed by atoms with van der Waals surface area (Å²) in [5.74, 6) is 0.471. The first-order valence-corrected chi connectivity index (χ1v) is 6.56. The Morgan fingerprint density at radius 1 is 1.67 bits per heavy atom. The number of rotatable bonds is 3. The summed E-state index contributed by atoms with van der Waals surface area (Å²) < 4.78 is 0. The van der Waals surface area contributed by atoms with Gasteiger partial charge in [-0.3, -0.25) is 4.90 Å². The van der Waals surface area contributed by atoms with Gasteiger partial charge in [-0.15, -0.1) is 11.3 Å². The molecule has 0 aromatic carbocycles. The van der Waals surface area contributed by atoms with Crippen LogP contribution in [0.1, 0.15) is 24.6 Å². The number of aliphatic hydroxyl groups is 1. The third kappa shape index (κ3) is 3.03. The van der Waals surface area contributed by atoms with E-state index in [1.165, 1.54) is 24.3 Å². The summed E-state index contributed by atoms with van der Waals surface area (Å²) in [6, 6.07) is 4.30. The zero-order valence-electron chi connectivity index (χ0n) is 9.22. The molecule has 15 heavy (non-hydrogen) atoms. The highest BCUT2D eigenvalue weighted by atomic mass is 32.1. The van der Waals surface area contributed by atoms with Gasteiger partial charge in [0.1, 0.15) is 0 Å². The minimum Gasteiger partial charge on any atom is -0.393 e. The van der Waals surface area contributed by atoms with E-state index in [0.29, 0.717) is 5.92 Å². The van der Waals surface area contributed by atoms with E-state index in [-0.39, 0.29) is 6.10 Å². The van der Waals surface area contributed by atoms with Gasteiger partial charge in [0, 0.05) is 18.0 Å². The molecule has 3 heteroatoms. The summed E-state index contributed by atoms with van der Waals surface area (Å²) in [6.45, 7) is 5.21. The normalized spacial score (nSPS) is 25.3. The van der Waals surface area contributed by atoms with E-state index in [4.69, 9.17) is 0 Å². The average molecular weight is 225 g/mol. The van der Waals surface area contributed by atoms with Gasteiger partial charge in [-0.05, 0) is 43.7 Å². The van der Waals surface area contributed by atoms with Crippen molar-refractivity contribution in [3.05, 3.63) is 22.4 Å². The van der Waals surface area contributed by atoms with Crippen molar-refractivity contribution in [3.8, 4) is 0 Å². The highest BCUT2D eigenvalue weighted by Gasteiger charge is 2.23. The Morgan fingerprint density at radius 3 is 3.20 bits per heavy atom. The van der Waals surface area contributed by atoms with Crippen LogP contribution < -0.4 is 0 Å². The Hall–Kier alpha value is -0.380. The first-order chi connectivity index (χ1) is 7.25. The number of thiophene rings is 1. The summed E-state index contributed by atoms with van der Waals surface area (Å²) in [4.78, 5) is 3.90. The molecule has 0 saturated carbocycles. The van der Waals surface area contributed by atoms with Crippen molar-refractivity contribution in [3.63, 3.8) is 0 Å². The molecule has 0 aliphatic carbocycles. The first-order valence-electron chi connectivity index (χ1n) is 5.68. The quantitative estimate of drug-likeness (QED) is 0.853. The van der Waals surface area contributed by atoms with E-state index >= 15 is 0 Å². The van der Waals surface area contributed by atoms with Crippen molar-refractivity contribution < 1.29 is 5.11 Å². The number of likely N-dealkylation sites (tertiary alicyclic amines) is 1. The van der Waals surface area contributed by atoms with E-state index in [9.17, 15) is 5.11 Å². The fraction of sp³-hybridized carbons (Fsp3) is 0.667. The van der Waals surface area contributed by atoms with Crippen molar-refractivity contribution >= 4 is 11.3 Å². The minimum absolute atomic E-state index is 0.156. The molecule has 2 nitrogen and oxygen atoms in total. The van der Waals surface area contributed by atoms with Gasteiger partial charge in [0.25, 0.3) is 0 Å². The zero-order valence-corrected chi connectivity index (χ0v) is 10.0. The summed E-state index contributed by atoms with van der Waals surface area (Å²) in [7, 11) is 0. The highest BCUT2D eigenvalue weighted by Crippen LogP contribution is 2.22. The number of hydrogen-bond acceptors (Lipinski definition) is 3. The van der Waals surface area contributed by atoms with Crippen LogP contribution in [0.25, 0.3) is 0 Å². The Morgan fingerprint density at radius 2 is 2.53 bits per heavy atom. The molecule has 1 saturated heterocycles. The zero-order chi connectivity index (χ0) is 10.7. The summed E-state index contributed by atoms with van der Waals surface area (Å²) in [5.41, 5.74) is 0. The molecule has 1 aliphatic heterocycles. The van der Waals surface area contributed by atoms with Crippen molar-refractivity contribution in [2.24, 2.45) is 5.92 Å². The van der Waals surface area contributed by atoms with Crippen LogP contribution in [-0.4, -0.2) is 29.2 Å². The Balaban J connectivity index is 1.88. The van der Waals surface area contributed by atoms with Crippen LogP contribution in [0.3, 0.4) is 0 Å². The largest absolute Gasteiger partial charge is 0.393 e. The molecule has 1 aromatic heterocycles. The maximum atomic E-state index is 9.60. The van der Waals surface area contributed by atoms with Gasteiger partial charge in [-0.1, -0.05) is 6.07 Å². The number of piperidine rings is 1. The van der Waals surface area contributed by atoms with E-state index < -0.39 is 0 Å². The van der Waals surface area contributed by atoms with Gasteiger partial charge in [0.2, 0.25) is 0 Å². The van der Waals surface area contributed by atoms with Crippen molar-refractivity contribution in [1.29, 1.82) is 0 Å². The molecule has 1 aliphatic rings. The fourth-order valence-corrected chi connectivity index (χ4v) is 3.00. The number of aliphatic hydroxyl groups excluding tert-OH is 1. The van der Waals surface area contributed by atoms with E-state index in [1.54, 1.807) is 0 Å².